The fourth-order valence-electron chi connectivity index (χ4n) is 3.28. The molecule has 1 aromatic heterocycles. The largest absolute Gasteiger partial charge is 0.393 e. The second-order valence-electron chi connectivity index (χ2n) is 6.53. The number of nitrogens with zero attached hydrogens (tertiary/aromatic N) is 3. The predicted molar refractivity (Wildman–Crippen MR) is 89.1 cm³/mol. The monoisotopic (exact) mass is 315 g/mol. The summed E-state index contributed by atoms with van der Waals surface area (Å²) in [5.41, 5.74) is 3.15. The first-order chi connectivity index (χ1) is 11.1. The molecule has 0 bridgehead atoms. The molecule has 0 radical (unpaired) electrons. The summed E-state index contributed by atoms with van der Waals surface area (Å²) in [6, 6.07) is 8.32. The van der Waals surface area contributed by atoms with Crippen molar-refractivity contribution >= 4 is 0 Å². The van der Waals surface area contributed by atoms with Crippen LogP contribution >= 0.6 is 0 Å². The fourth-order valence-corrected chi connectivity index (χ4v) is 3.28. The van der Waals surface area contributed by atoms with Crippen LogP contribution in [0.5, 0.6) is 0 Å². The van der Waals surface area contributed by atoms with Crippen molar-refractivity contribution in [2.24, 2.45) is 7.05 Å². The Morgan fingerprint density at radius 1 is 1.35 bits per heavy atom. The first-order valence-electron chi connectivity index (χ1n) is 8.09. The molecule has 1 saturated heterocycles. The number of aliphatic hydroxyl groups excluding tert-OH is 1. The lowest BCUT2D eigenvalue weighted by Crippen LogP contribution is -2.55. The van der Waals surface area contributed by atoms with E-state index in [1.165, 1.54) is 16.7 Å². The van der Waals surface area contributed by atoms with E-state index in [-0.39, 0.29) is 6.61 Å². The molecule has 2 heterocycles. The highest BCUT2D eigenvalue weighted by atomic mass is 16.5. The molecular weight excluding hydrogens is 290 g/mol. The minimum absolute atomic E-state index is 0.0326. The molecule has 3 rings (SSSR count). The second kappa shape index (κ2) is 6.83. The number of benzene rings is 1. The average Bonchev–Trinajstić information content (AvgIpc) is 2.95. The van der Waals surface area contributed by atoms with Crippen LogP contribution in [0, 0.1) is 6.92 Å². The number of hydrogen-bond acceptors (Lipinski definition) is 4. The zero-order valence-electron chi connectivity index (χ0n) is 13.9. The first kappa shape index (κ1) is 16.2. The van der Waals surface area contributed by atoms with E-state index in [9.17, 15) is 5.11 Å². The van der Waals surface area contributed by atoms with E-state index in [4.69, 9.17) is 4.74 Å². The third-order valence-corrected chi connectivity index (χ3v) is 4.55. The maximum atomic E-state index is 10.0. The van der Waals surface area contributed by atoms with E-state index in [2.05, 4.69) is 29.1 Å². The van der Waals surface area contributed by atoms with Crippen molar-refractivity contribution in [1.29, 1.82) is 0 Å². The molecule has 1 unspecified atom stereocenters. The summed E-state index contributed by atoms with van der Waals surface area (Å²) >= 11 is 0. The second-order valence-corrected chi connectivity index (χ2v) is 6.53. The molecule has 1 N–H and O–H groups in total. The topological polar surface area (TPSA) is 50.5 Å². The quantitative estimate of drug-likeness (QED) is 0.909. The van der Waals surface area contributed by atoms with E-state index < -0.39 is 5.60 Å². The summed E-state index contributed by atoms with van der Waals surface area (Å²) in [7, 11) is 1.93. The molecule has 5 nitrogen and oxygen atoms in total. The molecule has 0 amide bonds. The van der Waals surface area contributed by atoms with Crippen LogP contribution in [-0.2, 0) is 24.8 Å². The van der Waals surface area contributed by atoms with Crippen molar-refractivity contribution in [3.05, 3.63) is 53.3 Å². The Morgan fingerprint density at radius 3 is 2.87 bits per heavy atom. The van der Waals surface area contributed by atoms with Crippen LogP contribution in [0.2, 0.25) is 0 Å². The van der Waals surface area contributed by atoms with Crippen LogP contribution in [0.25, 0.3) is 0 Å². The van der Waals surface area contributed by atoms with Gasteiger partial charge in [-0.2, -0.15) is 5.10 Å². The van der Waals surface area contributed by atoms with Gasteiger partial charge in [-0.1, -0.05) is 24.3 Å². The van der Waals surface area contributed by atoms with Crippen LogP contribution in [0.4, 0.5) is 0 Å². The molecule has 0 saturated carbocycles. The Labute approximate surface area is 137 Å². The van der Waals surface area contributed by atoms with Gasteiger partial charge in [0.1, 0.15) is 5.60 Å². The molecule has 0 aliphatic carbocycles. The van der Waals surface area contributed by atoms with E-state index in [0.29, 0.717) is 6.61 Å². The van der Waals surface area contributed by atoms with Crippen LogP contribution in [0.15, 0.2) is 36.7 Å². The summed E-state index contributed by atoms with van der Waals surface area (Å²) in [6.45, 7) is 5.23. The Balaban J connectivity index is 1.72. The van der Waals surface area contributed by atoms with Gasteiger partial charge in [-0.05, 0) is 18.1 Å². The van der Waals surface area contributed by atoms with Gasteiger partial charge in [0.2, 0.25) is 0 Å². The number of hydrogen-bond donors (Lipinski definition) is 1. The molecule has 1 fully saturated rings. The first-order valence-corrected chi connectivity index (χ1v) is 8.09. The number of aryl methyl sites for hydroxylation is 2. The van der Waals surface area contributed by atoms with Gasteiger partial charge in [0.25, 0.3) is 0 Å². The van der Waals surface area contributed by atoms with E-state index in [0.717, 1.165) is 26.1 Å². The third kappa shape index (κ3) is 3.80. The molecule has 1 atom stereocenters. The lowest BCUT2D eigenvalue weighted by molar-refractivity contribution is -0.134. The molecule has 0 spiro atoms. The van der Waals surface area contributed by atoms with E-state index in [1.807, 2.05) is 36.3 Å². The highest BCUT2D eigenvalue weighted by molar-refractivity contribution is 5.27. The molecule has 1 aliphatic rings. The molecule has 124 valence electrons. The van der Waals surface area contributed by atoms with Crippen molar-refractivity contribution in [1.82, 2.24) is 14.7 Å². The van der Waals surface area contributed by atoms with Gasteiger partial charge in [0.05, 0.1) is 19.4 Å². The summed E-state index contributed by atoms with van der Waals surface area (Å²) < 4.78 is 7.86. The van der Waals surface area contributed by atoms with Crippen LogP contribution in [0.3, 0.4) is 0 Å². The number of rotatable bonds is 5. The summed E-state index contributed by atoms with van der Waals surface area (Å²) in [5.74, 6) is 0. The SMILES string of the molecule is Cc1ccccc1CC1(CO)CN(Cc2cnn(C)c2)CCO1. The summed E-state index contributed by atoms with van der Waals surface area (Å²) in [5, 5.41) is 14.2. The Bertz CT molecular complexity index is 655. The Kier molecular flexibility index (Phi) is 4.80. The molecule has 23 heavy (non-hydrogen) atoms. The number of ether oxygens (including phenoxy) is 1. The van der Waals surface area contributed by atoms with E-state index in [1.54, 1.807) is 0 Å². The zero-order valence-corrected chi connectivity index (χ0v) is 13.9. The Hall–Kier alpha value is -1.69. The zero-order chi connectivity index (χ0) is 16.3. The van der Waals surface area contributed by atoms with Crippen molar-refractivity contribution < 1.29 is 9.84 Å². The minimum atomic E-state index is -0.521. The van der Waals surface area contributed by atoms with Gasteiger partial charge in [-0.3, -0.25) is 9.58 Å². The van der Waals surface area contributed by atoms with Gasteiger partial charge in [0.15, 0.2) is 0 Å². The number of aromatic nitrogens is 2. The van der Waals surface area contributed by atoms with Gasteiger partial charge in [0, 0.05) is 44.9 Å². The minimum Gasteiger partial charge on any atom is -0.393 e. The number of morpholine rings is 1. The van der Waals surface area contributed by atoms with Gasteiger partial charge >= 0.3 is 0 Å². The Morgan fingerprint density at radius 2 is 2.17 bits per heavy atom. The summed E-state index contributed by atoms with van der Waals surface area (Å²) in [6.07, 6.45) is 4.68. The third-order valence-electron chi connectivity index (χ3n) is 4.55. The van der Waals surface area contributed by atoms with Crippen molar-refractivity contribution in [2.75, 3.05) is 26.3 Å². The molecule has 1 aromatic carbocycles. The maximum Gasteiger partial charge on any atom is 0.108 e. The lowest BCUT2D eigenvalue weighted by atomic mass is 9.91. The van der Waals surface area contributed by atoms with Crippen LogP contribution in [0.1, 0.15) is 16.7 Å². The van der Waals surface area contributed by atoms with Crippen molar-refractivity contribution in [3.63, 3.8) is 0 Å². The predicted octanol–water partition coefficient (Wildman–Crippen LogP) is 1.53. The highest BCUT2D eigenvalue weighted by Crippen LogP contribution is 2.25. The maximum absolute atomic E-state index is 10.0. The van der Waals surface area contributed by atoms with Crippen LogP contribution in [-0.4, -0.2) is 51.7 Å². The molecular formula is C18H25N3O2. The van der Waals surface area contributed by atoms with Crippen LogP contribution < -0.4 is 0 Å². The van der Waals surface area contributed by atoms with Gasteiger partial charge in [-0.25, -0.2) is 0 Å². The van der Waals surface area contributed by atoms with Gasteiger partial charge in [-0.15, -0.1) is 0 Å². The van der Waals surface area contributed by atoms with Crippen molar-refractivity contribution in [3.8, 4) is 0 Å². The summed E-state index contributed by atoms with van der Waals surface area (Å²) in [4.78, 5) is 2.34. The van der Waals surface area contributed by atoms with E-state index >= 15 is 0 Å². The highest BCUT2D eigenvalue weighted by Gasteiger charge is 2.36. The molecule has 2 aromatic rings. The molecule has 1 aliphatic heterocycles. The van der Waals surface area contributed by atoms with Gasteiger partial charge < -0.3 is 9.84 Å². The number of aliphatic hydroxyl groups is 1. The normalized spacial score (nSPS) is 22.4. The average molecular weight is 315 g/mol. The smallest absolute Gasteiger partial charge is 0.108 e. The standard InChI is InChI=1S/C18H25N3O2/c1-15-5-3-4-6-17(15)9-18(14-22)13-21(7-8-23-18)12-16-10-19-20(2)11-16/h3-6,10-11,22H,7-9,12-14H2,1-2H3. The lowest BCUT2D eigenvalue weighted by Gasteiger charge is -2.42. The molecule has 5 heteroatoms. The fraction of sp³-hybridized carbons (Fsp3) is 0.500. The van der Waals surface area contributed by atoms with Crippen molar-refractivity contribution in [2.45, 2.75) is 25.5 Å².